The molecule has 8 nitrogen and oxygen atoms in total. The quantitative estimate of drug-likeness (QED) is 0.233. The van der Waals surface area contributed by atoms with Crippen LogP contribution in [-0.4, -0.2) is 32.8 Å². The molecule has 3 aromatic rings. The Morgan fingerprint density at radius 2 is 1.83 bits per heavy atom. The van der Waals surface area contributed by atoms with E-state index in [0.29, 0.717) is 46.3 Å². The number of benzene rings is 3. The maximum atomic E-state index is 13.2. The third kappa shape index (κ3) is 4.31. The van der Waals surface area contributed by atoms with E-state index in [9.17, 15) is 9.59 Å². The number of fused-ring (bicyclic) bond motifs is 2. The number of Topliss-reactive ketones (excluding diaryl/α,β-unsaturated/α-hetero) is 1. The molecule has 9 heteroatoms. The van der Waals surface area contributed by atoms with Crippen molar-refractivity contribution in [3.05, 3.63) is 80.5 Å². The Balaban J connectivity index is 1.46. The second kappa shape index (κ2) is 9.67. The molecule has 0 aromatic heterocycles. The molecule has 0 unspecified atom stereocenters. The van der Waals surface area contributed by atoms with Crippen LogP contribution in [0.1, 0.15) is 37.4 Å². The number of ketones is 1. The minimum Gasteiger partial charge on any atom is -0.496 e. The van der Waals surface area contributed by atoms with Gasteiger partial charge in [-0.15, -0.1) is 0 Å². The van der Waals surface area contributed by atoms with Crippen molar-refractivity contribution in [1.82, 2.24) is 0 Å². The van der Waals surface area contributed by atoms with Gasteiger partial charge >= 0.3 is 5.97 Å². The monoisotopic (exact) mass is 552 g/mol. The van der Waals surface area contributed by atoms with E-state index in [2.05, 4.69) is 15.9 Å². The van der Waals surface area contributed by atoms with Crippen molar-refractivity contribution in [2.75, 3.05) is 21.0 Å². The van der Waals surface area contributed by atoms with E-state index in [4.69, 9.17) is 28.4 Å². The van der Waals surface area contributed by atoms with Gasteiger partial charge in [-0.25, -0.2) is 4.79 Å². The van der Waals surface area contributed by atoms with Crippen LogP contribution < -0.4 is 23.7 Å². The average molecular weight is 553 g/mol. The van der Waals surface area contributed by atoms with Gasteiger partial charge in [0, 0.05) is 21.7 Å². The lowest BCUT2D eigenvalue weighted by Gasteiger charge is -2.20. The highest BCUT2D eigenvalue weighted by Crippen LogP contribution is 2.40. The van der Waals surface area contributed by atoms with Crippen LogP contribution in [0, 0.1) is 6.92 Å². The Hall–Kier alpha value is -3.82. The summed E-state index contributed by atoms with van der Waals surface area (Å²) in [6.07, 6.45) is 1.64. The van der Waals surface area contributed by atoms with Gasteiger partial charge in [0.2, 0.25) is 5.78 Å². The fourth-order valence-electron chi connectivity index (χ4n) is 4.20. The van der Waals surface area contributed by atoms with E-state index in [1.165, 1.54) is 20.3 Å². The first-order valence-electron chi connectivity index (χ1n) is 10.9. The number of halogens is 1. The highest BCUT2D eigenvalue weighted by molar-refractivity contribution is 9.10. The summed E-state index contributed by atoms with van der Waals surface area (Å²) < 4.78 is 34.0. The van der Waals surface area contributed by atoms with Crippen molar-refractivity contribution in [2.45, 2.75) is 13.5 Å². The summed E-state index contributed by atoms with van der Waals surface area (Å²) in [7, 11) is 2.91. The zero-order chi connectivity index (χ0) is 25.4. The molecule has 2 aliphatic heterocycles. The molecular formula is C27H21BrO8. The first-order chi connectivity index (χ1) is 17.4. The van der Waals surface area contributed by atoms with Gasteiger partial charge in [-0.3, -0.25) is 4.79 Å². The lowest BCUT2D eigenvalue weighted by Crippen LogP contribution is -2.12. The SMILES string of the molecule is COc1cccc(OC)c1C(=O)Oc1cc(C)c2c(c1)O/C(=C\c1cc(Br)cc3c1OCOC3)C2=O. The van der Waals surface area contributed by atoms with E-state index in [1.54, 1.807) is 37.3 Å². The van der Waals surface area contributed by atoms with Crippen LogP contribution in [0.3, 0.4) is 0 Å². The zero-order valence-electron chi connectivity index (χ0n) is 19.7. The van der Waals surface area contributed by atoms with E-state index in [-0.39, 0.29) is 29.6 Å². The minimum absolute atomic E-state index is 0.130. The minimum atomic E-state index is -0.663. The molecule has 0 amide bonds. The van der Waals surface area contributed by atoms with Gasteiger partial charge in [0.25, 0.3) is 0 Å². The average Bonchev–Trinajstić information content (AvgIpc) is 3.18. The van der Waals surface area contributed by atoms with Crippen LogP contribution in [0.4, 0.5) is 0 Å². The molecule has 184 valence electrons. The third-order valence-electron chi connectivity index (χ3n) is 5.78. The largest absolute Gasteiger partial charge is 0.496 e. The molecule has 0 spiro atoms. The van der Waals surface area contributed by atoms with Crippen LogP contribution in [0.15, 0.2) is 52.7 Å². The predicted octanol–water partition coefficient (Wildman–Crippen LogP) is 5.48. The van der Waals surface area contributed by atoms with Gasteiger partial charge in [-0.2, -0.15) is 0 Å². The maximum absolute atomic E-state index is 13.2. The lowest BCUT2D eigenvalue weighted by molar-refractivity contribution is -0.0165. The van der Waals surface area contributed by atoms with Crippen LogP contribution in [0.2, 0.25) is 0 Å². The number of carbonyl (C=O) groups excluding carboxylic acids is 2. The molecule has 5 rings (SSSR count). The number of esters is 1. The van der Waals surface area contributed by atoms with E-state index < -0.39 is 5.97 Å². The summed E-state index contributed by atoms with van der Waals surface area (Å²) >= 11 is 3.49. The molecule has 0 aliphatic carbocycles. The first kappa shape index (κ1) is 23.9. The fourth-order valence-corrected chi connectivity index (χ4v) is 4.73. The zero-order valence-corrected chi connectivity index (χ0v) is 21.3. The van der Waals surface area contributed by atoms with Crippen LogP contribution >= 0.6 is 15.9 Å². The van der Waals surface area contributed by atoms with Crippen molar-refractivity contribution >= 4 is 33.8 Å². The first-order valence-corrected chi connectivity index (χ1v) is 11.7. The third-order valence-corrected chi connectivity index (χ3v) is 6.23. The summed E-state index contributed by atoms with van der Waals surface area (Å²) in [6.45, 7) is 2.29. The molecule has 2 aliphatic rings. The number of carbonyl (C=O) groups is 2. The Morgan fingerprint density at radius 1 is 1.08 bits per heavy atom. The van der Waals surface area contributed by atoms with Gasteiger partial charge in [0.05, 0.1) is 26.4 Å². The summed E-state index contributed by atoms with van der Waals surface area (Å²) in [5.41, 5.74) is 2.72. The maximum Gasteiger partial charge on any atom is 0.351 e. The highest BCUT2D eigenvalue weighted by atomic mass is 79.9. The number of ether oxygens (including phenoxy) is 6. The number of aryl methyl sites for hydroxylation is 1. The van der Waals surface area contributed by atoms with E-state index in [0.717, 1.165) is 10.0 Å². The molecule has 0 bridgehead atoms. The van der Waals surface area contributed by atoms with Crippen molar-refractivity contribution in [1.29, 1.82) is 0 Å². The van der Waals surface area contributed by atoms with Gasteiger partial charge in [0.15, 0.2) is 12.6 Å². The summed E-state index contributed by atoms with van der Waals surface area (Å²) in [6, 6.07) is 11.9. The Bertz CT molecular complexity index is 1400. The van der Waals surface area contributed by atoms with Gasteiger partial charge in [0.1, 0.15) is 34.3 Å². The second-order valence-electron chi connectivity index (χ2n) is 8.07. The molecule has 2 heterocycles. The Kier molecular flexibility index (Phi) is 6.42. The number of hydrogen-bond acceptors (Lipinski definition) is 8. The van der Waals surface area contributed by atoms with Crippen molar-refractivity contribution in [2.24, 2.45) is 0 Å². The molecular weight excluding hydrogens is 532 g/mol. The lowest BCUT2D eigenvalue weighted by atomic mass is 10.0. The highest BCUT2D eigenvalue weighted by Gasteiger charge is 2.31. The van der Waals surface area contributed by atoms with Crippen molar-refractivity contribution in [3.63, 3.8) is 0 Å². The molecule has 0 saturated heterocycles. The topological polar surface area (TPSA) is 89.5 Å². The Labute approximate surface area is 215 Å². The molecule has 0 atom stereocenters. The number of methoxy groups -OCH3 is 2. The normalized spacial score (nSPS) is 15.0. The number of rotatable bonds is 5. The van der Waals surface area contributed by atoms with Crippen molar-refractivity contribution in [3.8, 4) is 28.7 Å². The van der Waals surface area contributed by atoms with Gasteiger partial charge in [-0.1, -0.05) is 22.0 Å². The second-order valence-corrected chi connectivity index (χ2v) is 8.99. The van der Waals surface area contributed by atoms with Crippen LogP contribution in [0.5, 0.6) is 28.7 Å². The van der Waals surface area contributed by atoms with Crippen LogP contribution in [0.25, 0.3) is 6.08 Å². The summed E-state index contributed by atoms with van der Waals surface area (Å²) in [5.74, 6) is 1.00. The molecule has 36 heavy (non-hydrogen) atoms. The van der Waals surface area contributed by atoms with Crippen molar-refractivity contribution < 1.29 is 38.0 Å². The smallest absolute Gasteiger partial charge is 0.351 e. The molecule has 0 N–H and O–H groups in total. The van der Waals surface area contributed by atoms with Crippen LogP contribution in [-0.2, 0) is 11.3 Å². The number of hydrogen-bond donors (Lipinski definition) is 0. The summed E-state index contributed by atoms with van der Waals surface area (Å²) in [5, 5.41) is 0. The predicted molar refractivity (Wildman–Crippen MR) is 133 cm³/mol. The van der Waals surface area contributed by atoms with E-state index >= 15 is 0 Å². The standard InChI is InChI=1S/C27H21BrO8/c1-14-7-18(35-27(30)24-19(31-2)5-4-6-20(24)32-3)11-21-23(14)25(29)22(36-21)10-15-8-17(28)9-16-12-33-13-34-26(15)16/h4-11H,12-13H2,1-3H3/b22-10-. The molecule has 0 fully saturated rings. The molecule has 0 saturated carbocycles. The fraction of sp³-hybridized carbons (Fsp3) is 0.185. The molecule has 0 radical (unpaired) electrons. The molecule has 3 aromatic carbocycles. The number of allylic oxidation sites excluding steroid dienone is 1. The summed E-state index contributed by atoms with van der Waals surface area (Å²) in [4.78, 5) is 26.2. The van der Waals surface area contributed by atoms with Gasteiger partial charge < -0.3 is 28.4 Å². The van der Waals surface area contributed by atoms with E-state index in [1.807, 2.05) is 12.1 Å². The Morgan fingerprint density at radius 3 is 2.56 bits per heavy atom. The van der Waals surface area contributed by atoms with Gasteiger partial charge in [-0.05, 0) is 48.9 Å².